The molecule has 4 amide bonds. The summed E-state index contributed by atoms with van der Waals surface area (Å²) in [4.78, 5) is 81.2. The molecule has 0 radical (unpaired) electrons. The lowest BCUT2D eigenvalue weighted by molar-refractivity contribution is -1.16. The van der Waals surface area contributed by atoms with Gasteiger partial charge < -0.3 is 0 Å². The van der Waals surface area contributed by atoms with E-state index in [0.29, 0.717) is 70.6 Å². The van der Waals surface area contributed by atoms with E-state index < -0.39 is 0 Å². The summed E-state index contributed by atoms with van der Waals surface area (Å²) in [5, 5.41) is 31.6. The quantitative estimate of drug-likeness (QED) is 0.113. The summed E-state index contributed by atoms with van der Waals surface area (Å²) in [5.41, 5.74) is 0.176. The standard InChI is InChI=1S/C13H22N2O2.C12H20N2O3.C10H19NO.C10H21N.C9H17NO2.C9H19NO.C9H21N/c1-12(2)7-9(8-13(3,4)14(12)5)15-10(16)6-11(15)17;1-11(2)6-8(7-12(3,4)14(11)17)13-9(15)5-10(13)16;1-9(2)6-8(12)7-10(3,4)11(9)5;1-9(2)7-6-8-10(3,4)11(9)5;1-8(2)5-7(11)6-9(3,4)10(8)12;1-8(2)6-5-7-9(3,4)10(8)11;1-8(2,3)10(7)9(4,5)6/h9H,6-8H2,1-5H3;8,17H,5-7H2,1-4H3;6-7H2,1-5H3;6-8H2,1-5H3;12H,5-6H2,1-4H3;11H,5-7H2,1-4H3;1-7H3/p+3. The molecule has 0 spiro atoms. The molecule has 0 unspecified atom stereocenters. The van der Waals surface area contributed by atoms with Crippen LogP contribution in [0.5, 0.6) is 0 Å². The number of ketones is 2. The Morgan fingerprint density at radius 1 is 0.356 bits per heavy atom. The van der Waals surface area contributed by atoms with Crippen LogP contribution in [-0.4, -0.2) is 198 Å². The Morgan fingerprint density at radius 2 is 0.600 bits per heavy atom. The number of Topliss-reactive ketones (excluding diaryl/α,β-unsaturated/α-hetero) is 2. The van der Waals surface area contributed by atoms with Crippen molar-refractivity contribution in [2.24, 2.45) is 0 Å². The van der Waals surface area contributed by atoms with Crippen molar-refractivity contribution in [1.29, 1.82) is 0 Å². The van der Waals surface area contributed by atoms with Crippen LogP contribution in [0.15, 0.2) is 0 Å². The van der Waals surface area contributed by atoms with Gasteiger partial charge in [0.2, 0.25) is 23.6 Å². The maximum Gasteiger partial charge on any atom is 0.238 e. The smallest absolute Gasteiger partial charge is 0.238 e. The van der Waals surface area contributed by atoms with E-state index in [4.69, 9.17) is 0 Å². The van der Waals surface area contributed by atoms with E-state index in [1.807, 2.05) is 55.4 Å². The first-order valence-corrected chi connectivity index (χ1v) is 34.1. The fourth-order valence-corrected chi connectivity index (χ4v) is 16.0. The number of nitrogens with one attached hydrogen (secondary N) is 3. The molecule has 8 heterocycles. The van der Waals surface area contributed by atoms with Crippen molar-refractivity contribution in [3.8, 4) is 0 Å². The van der Waals surface area contributed by atoms with E-state index in [1.54, 1.807) is 0 Å². The minimum Gasteiger partial charge on any atom is -0.300 e. The highest BCUT2D eigenvalue weighted by Crippen LogP contribution is 2.41. The van der Waals surface area contributed by atoms with Crippen LogP contribution in [-0.2, 0) is 28.8 Å². The molecule has 8 fully saturated rings. The van der Waals surface area contributed by atoms with Crippen molar-refractivity contribution >= 4 is 35.2 Å². The number of nitrogens with zero attached hydrogens (tertiary/aromatic N) is 6. The molecule has 18 nitrogen and oxygen atoms in total. The number of carbonyl (C=O) groups is 6. The van der Waals surface area contributed by atoms with Gasteiger partial charge in [-0.05, 0) is 274 Å². The Morgan fingerprint density at radius 3 is 0.867 bits per heavy atom. The van der Waals surface area contributed by atoms with Gasteiger partial charge in [-0.25, -0.2) is 15.6 Å². The summed E-state index contributed by atoms with van der Waals surface area (Å²) >= 11 is 0. The fraction of sp³-hybridized carbons (Fsp3) is 0.917. The molecule has 18 heteroatoms. The predicted molar refractivity (Wildman–Crippen MR) is 363 cm³/mol. The van der Waals surface area contributed by atoms with E-state index in [9.17, 15) is 44.4 Å². The number of likely N-dealkylation sites (tertiary alicyclic amines) is 5. The summed E-state index contributed by atoms with van der Waals surface area (Å²) in [6, 6.07) is 0.00889. The number of piperidine rings is 6. The van der Waals surface area contributed by atoms with Gasteiger partial charge in [-0.1, -0.05) is 0 Å². The average Bonchev–Trinajstić information content (AvgIpc) is 0.832. The van der Waals surface area contributed by atoms with Crippen LogP contribution in [0, 0.1) is 0 Å². The summed E-state index contributed by atoms with van der Waals surface area (Å²) in [6.45, 7) is 64.0. The van der Waals surface area contributed by atoms with Gasteiger partial charge in [-0.15, -0.1) is 0 Å². The summed E-state index contributed by atoms with van der Waals surface area (Å²) in [7, 11) is 8.64. The lowest BCUT2D eigenvalue weighted by atomic mass is 9.76. The van der Waals surface area contributed by atoms with Crippen LogP contribution >= 0.6 is 0 Å². The highest BCUT2D eigenvalue weighted by molar-refractivity contribution is 6.15. The number of carbonyl (C=O) groups excluding carboxylic acids is 6. The lowest BCUT2D eigenvalue weighted by Crippen LogP contribution is -3.25. The van der Waals surface area contributed by atoms with Crippen molar-refractivity contribution in [2.45, 2.75) is 400 Å². The number of hydrogen-bond acceptors (Lipinski definition) is 13. The van der Waals surface area contributed by atoms with Gasteiger partial charge in [0.25, 0.3) is 0 Å². The molecule has 90 heavy (non-hydrogen) atoms. The molecule has 8 aliphatic rings. The Balaban J connectivity index is 0.000000362. The van der Waals surface area contributed by atoms with E-state index in [0.717, 1.165) is 25.7 Å². The number of hydroxylamine groups is 6. The number of β-lactam (4-membered cyclic amide) rings is 4. The highest BCUT2D eigenvalue weighted by Gasteiger charge is 2.56. The molecule has 0 bridgehead atoms. The van der Waals surface area contributed by atoms with Crippen LogP contribution in [0.2, 0.25) is 0 Å². The Hall–Kier alpha value is -2.78. The zero-order chi connectivity index (χ0) is 71.1. The molecule has 0 atom stereocenters. The average molecular weight is 1280 g/mol. The first-order chi connectivity index (χ1) is 39.7. The van der Waals surface area contributed by atoms with Crippen molar-refractivity contribution in [1.82, 2.24) is 29.4 Å². The molecule has 0 saturated carbocycles. The second kappa shape index (κ2) is 28.5. The summed E-state index contributed by atoms with van der Waals surface area (Å²) < 4.78 is 0. The molecule has 6 N–H and O–H groups in total. The van der Waals surface area contributed by atoms with Gasteiger partial charge in [0.05, 0.1) is 18.9 Å². The normalized spacial score (nSPS) is 29.0. The zero-order valence-electron chi connectivity index (χ0n) is 64.4. The summed E-state index contributed by atoms with van der Waals surface area (Å²) in [5.74, 6) is 0.485. The van der Waals surface area contributed by atoms with Crippen LogP contribution in [0.25, 0.3) is 0 Å². The maximum atomic E-state index is 11.5. The van der Waals surface area contributed by atoms with Crippen molar-refractivity contribution < 1.29 is 59.6 Å². The van der Waals surface area contributed by atoms with Gasteiger partial charge >= 0.3 is 0 Å². The number of quaternary nitrogens is 3. The number of amides is 4. The third kappa shape index (κ3) is 21.1. The Kier molecular flexibility index (Phi) is 26.4. The molecule has 526 valence electrons. The van der Waals surface area contributed by atoms with Gasteiger partial charge in [0, 0.05) is 88.9 Å². The van der Waals surface area contributed by atoms with Gasteiger partial charge in [-0.2, -0.15) is 15.2 Å². The topological polar surface area (TPSA) is 196 Å². The van der Waals surface area contributed by atoms with Crippen LogP contribution in [0.4, 0.5) is 0 Å². The minimum atomic E-state index is -0.345. The molecule has 8 aliphatic heterocycles. The van der Waals surface area contributed by atoms with Crippen molar-refractivity contribution in [2.75, 3.05) is 28.2 Å². The first-order valence-electron chi connectivity index (χ1n) is 34.1. The molecular weight excluding hydrogens is 1130 g/mol. The Labute approximate surface area is 550 Å². The minimum absolute atomic E-state index is 0.00356. The van der Waals surface area contributed by atoms with Crippen LogP contribution < -0.4 is 15.2 Å². The number of rotatable bonds is 2. The molecule has 0 aromatic rings. The second-order valence-corrected chi connectivity index (χ2v) is 38.1. The second-order valence-electron chi connectivity index (χ2n) is 38.1. The van der Waals surface area contributed by atoms with Crippen LogP contribution in [0.1, 0.15) is 310 Å². The molecule has 8 saturated heterocycles. The molecule has 0 aromatic heterocycles. The highest BCUT2D eigenvalue weighted by atomic mass is 16.5. The maximum absolute atomic E-state index is 11.5. The lowest BCUT2D eigenvalue weighted by Gasteiger charge is -2.56. The fourth-order valence-electron chi connectivity index (χ4n) is 16.0. The monoisotopic (exact) mass is 1280 g/mol. The van der Waals surface area contributed by atoms with E-state index in [-0.39, 0.29) is 121 Å². The van der Waals surface area contributed by atoms with Gasteiger partial charge in [-0.3, -0.25) is 58.2 Å². The number of imide groups is 2. The zero-order valence-corrected chi connectivity index (χ0v) is 64.4. The molecule has 0 aliphatic carbocycles. The van der Waals surface area contributed by atoms with Gasteiger partial charge in [0.1, 0.15) is 57.6 Å². The Bertz CT molecular complexity index is 2190. The summed E-state index contributed by atoms with van der Waals surface area (Å²) in [6.07, 6.45) is 13.1. The van der Waals surface area contributed by atoms with Crippen molar-refractivity contribution in [3.63, 3.8) is 0 Å². The van der Waals surface area contributed by atoms with E-state index in [1.165, 1.54) is 35.5 Å². The first kappa shape index (κ1) is 83.3. The SMILES string of the molecule is CC1(C)CC(=O)CC(C)(C)[NH+]1O.CC1(C)CC(N2C(=O)CC2=O)CC(C)(C)[NH+]1O.CC1(C)CCCC(C)(C)[NH+]1O.CN(C(C)(C)C)C(C)(C)C.CN1C(C)(C)CC(=O)CC1(C)C.CN1C(C)(C)CC(N2C(=O)CC2=O)CC1(C)C.CN1C(C)(C)CCCC1(C)C. The van der Waals surface area contributed by atoms with Crippen molar-refractivity contribution in [3.05, 3.63) is 0 Å². The molecule has 0 aromatic carbocycles. The van der Waals surface area contributed by atoms with Gasteiger partial charge in [0.15, 0.2) is 0 Å². The van der Waals surface area contributed by atoms with E-state index >= 15 is 0 Å². The third-order valence-electron chi connectivity index (χ3n) is 22.4. The molecule has 8 rings (SSSR count). The largest absolute Gasteiger partial charge is 0.300 e. The predicted octanol–water partition coefficient (Wildman–Crippen LogP) is 9.33. The molecular formula is C72H142N9O9+3. The third-order valence-corrected chi connectivity index (χ3v) is 22.4. The van der Waals surface area contributed by atoms with Crippen LogP contribution in [0.3, 0.4) is 0 Å². The number of hydrogen-bond donors (Lipinski definition) is 6. The van der Waals surface area contributed by atoms with E-state index in [2.05, 4.69) is 200 Å².